The van der Waals surface area contributed by atoms with E-state index in [1.54, 1.807) is 295 Å². The van der Waals surface area contributed by atoms with Crippen LogP contribution in [0.4, 0.5) is 0 Å². The van der Waals surface area contributed by atoms with Crippen molar-refractivity contribution in [3.05, 3.63) is 0 Å². The van der Waals surface area contributed by atoms with E-state index in [-0.39, 0.29) is 0 Å². The Morgan fingerprint density at radius 2 is 0.286 bits per heavy atom. The minimum atomic E-state index is 1.10. The van der Waals surface area contributed by atoms with E-state index in [0.29, 0.717) is 0 Å². The minimum Gasteiger partial charge on any atom is -0.0533 e. The molecule has 0 aromatic carbocycles. The van der Waals surface area contributed by atoms with E-state index in [2.05, 4.69) is 0 Å². The third-order valence-electron chi connectivity index (χ3n) is 28.3. The molecule has 13 aliphatic rings. The Kier molecular flexibility index (Phi) is 16.2. The molecule has 13 rings (SSSR count). The molecule has 0 heteroatoms. The average molecular weight is 958 g/mol. The van der Waals surface area contributed by atoms with Gasteiger partial charge in [0.2, 0.25) is 0 Å². The van der Waals surface area contributed by atoms with Crippen molar-refractivity contribution in [2.24, 2.45) is 142 Å². The molecule has 14 unspecified atom stereocenters. The van der Waals surface area contributed by atoms with Gasteiger partial charge in [-0.3, -0.25) is 0 Å². The first-order valence-electron chi connectivity index (χ1n) is 34.7. The van der Waals surface area contributed by atoms with Gasteiger partial charge in [0.05, 0.1) is 0 Å². The SMILES string of the molecule is C1CCC(C2CC(C3CCCCC3)CC(C3C4CCCCC4C(C4CCCC(C5C6CCCCC6C(C6CC(C7CCCCC7)CC(C7CCCCC7)C6)C6CCCCC65)C4)C4CCCCC43)C2)CC1. The van der Waals surface area contributed by atoms with Gasteiger partial charge in [-0.05, 0) is 238 Å². The van der Waals surface area contributed by atoms with Crippen LogP contribution in [0, 0.1) is 142 Å². The van der Waals surface area contributed by atoms with Gasteiger partial charge < -0.3 is 0 Å². The molecular formula is C70H116. The van der Waals surface area contributed by atoms with Crippen molar-refractivity contribution < 1.29 is 0 Å². The first-order valence-corrected chi connectivity index (χ1v) is 34.7. The predicted octanol–water partition coefficient (Wildman–Crippen LogP) is 20.9. The van der Waals surface area contributed by atoms with Gasteiger partial charge in [0.1, 0.15) is 0 Å². The highest BCUT2D eigenvalue weighted by atomic mass is 14.6. The van der Waals surface area contributed by atoms with E-state index in [0.717, 1.165) is 142 Å². The quantitative estimate of drug-likeness (QED) is 0.227. The average Bonchev–Trinajstić information content (AvgIpc) is 3.44. The molecule has 13 fully saturated rings. The molecule has 70 heavy (non-hydrogen) atoms. The molecule has 13 aliphatic carbocycles. The Hall–Kier alpha value is 0. The Bertz CT molecular complexity index is 1380. The molecule has 0 bridgehead atoms. The smallest absolute Gasteiger partial charge is 0.0323 e. The summed E-state index contributed by atoms with van der Waals surface area (Å²) in [6.07, 6.45) is 74.4. The summed E-state index contributed by atoms with van der Waals surface area (Å²) in [7, 11) is 0. The molecule has 0 aliphatic heterocycles. The van der Waals surface area contributed by atoms with Crippen LogP contribution in [0.15, 0.2) is 0 Å². The van der Waals surface area contributed by atoms with E-state index in [1.165, 1.54) is 0 Å². The lowest BCUT2D eigenvalue weighted by molar-refractivity contribution is -0.140. The van der Waals surface area contributed by atoms with Crippen LogP contribution in [0.25, 0.3) is 0 Å². The molecule has 0 N–H and O–H groups in total. The molecule has 0 aromatic rings. The molecule has 0 radical (unpaired) electrons. The molecule has 0 saturated heterocycles. The second-order valence-corrected chi connectivity index (χ2v) is 31.0. The topological polar surface area (TPSA) is 0 Å². The zero-order valence-electron chi connectivity index (χ0n) is 46.4. The van der Waals surface area contributed by atoms with Crippen molar-refractivity contribution in [3.63, 3.8) is 0 Å². The van der Waals surface area contributed by atoms with Crippen LogP contribution >= 0.6 is 0 Å². The standard InChI is InChI=1S/C70H116/c1-5-22-47(23-6-1)53-41-54(48-24-7-2-8-25-48)44-57(43-53)69-63-36-17-13-32-59(63)67(60-33-14-18-37-64(60)69)51-30-21-31-52(40-51)68-61-34-15-19-38-65(61)70(66-39-20-16-35-62(66)68)58-45-55(49-26-9-3-10-27-49)42-56(46-58)50-28-11-4-12-29-50/h47-70H,1-46H2. The lowest BCUT2D eigenvalue weighted by atomic mass is 9.42. The second-order valence-electron chi connectivity index (χ2n) is 31.0. The van der Waals surface area contributed by atoms with Crippen LogP contribution in [0.1, 0.15) is 295 Å². The Balaban J connectivity index is 0.771. The summed E-state index contributed by atoms with van der Waals surface area (Å²) in [5.41, 5.74) is 0. The number of rotatable bonds is 8. The molecule has 0 heterocycles. The van der Waals surface area contributed by atoms with Gasteiger partial charge in [-0.15, -0.1) is 0 Å². The van der Waals surface area contributed by atoms with Crippen LogP contribution in [0.2, 0.25) is 0 Å². The predicted molar refractivity (Wildman–Crippen MR) is 296 cm³/mol. The van der Waals surface area contributed by atoms with E-state index in [1.807, 2.05) is 0 Å². The molecule has 396 valence electrons. The largest absolute Gasteiger partial charge is 0.0533 e. The van der Waals surface area contributed by atoms with Gasteiger partial charge in [-0.2, -0.15) is 0 Å². The van der Waals surface area contributed by atoms with Gasteiger partial charge in [0.25, 0.3) is 0 Å². The van der Waals surface area contributed by atoms with Crippen molar-refractivity contribution in [3.8, 4) is 0 Å². The highest BCUT2D eigenvalue weighted by Gasteiger charge is 2.59. The zero-order valence-corrected chi connectivity index (χ0v) is 46.4. The molecule has 0 aromatic heterocycles. The van der Waals surface area contributed by atoms with Crippen LogP contribution in [-0.2, 0) is 0 Å². The summed E-state index contributed by atoms with van der Waals surface area (Å²) in [6, 6.07) is 0. The maximum atomic E-state index is 1.72. The molecule has 0 nitrogen and oxygen atoms in total. The lowest BCUT2D eigenvalue weighted by Gasteiger charge is -2.63. The molecule has 0 spiro atoms. The first kappa shape index (κ1) is 49.6. The first-order chi connectivity index (χ1) is 34.7. The van der Waals surface area contributed by atoms with E-state index >= 15 is 0 Å². The monoisotopic (exact) mass is 957 g/mol. The van der Waals surface area contributed by atoms with Crippen molar-refractivity contribution in [1.29, 1.82) is 0 Å². The fourth-order valence-electron chi connectivity index (χ4n) is 26.1. The van der Waals surface area contributed by atoms with Crippen LogP contribution in [-0.4, -0.2) is 0 Å². The summed E-state index contributed by atoms with van der Waals surface area (Å²) in [5, 5.41) is 0. The van der Waals surface area contributed by atoms with Crippen LogP contribution < -0.4 is 0 Å². The lowest BCUT2D eigenvalue weighted by Crippen LogP contribution is -2.56. The summed E-state index contributed by atoms with van der Waals surface area (Å²) < 4.78 is 0. The van der Waals surface area contributed by atoms with E-state index < -0.39 is 0 Å². The van der Waals surface area contributed by atoms with Gasteiger partial charge >= 0.3 is 0 Å². The van der Waals surface area contributed by atoms with Gasteiger partial charge in [0, 0.05) is 0 Å². The van der Waals surface area contributed by atoms with Gasteiger partial charge in [-0.1, -0.05) is 199 Å². The highest BCUT2D eigenvalue weighted by Crippen LogP contribution is 2.67. The third-order valence-corrected chi connectivity index (χ3v) is 28.3. The van der Waals surface area contributed by atoms with E-state index in [9.17, 15) is 0 Å². The van der Waals surface area contributed by atoms with Crippen LogP contribution in [0.3, 0.4) is 0 Å². The number of hydrogen-bond acceptors (Lipinski definition) is 0. The van der Waals surface area contributed by atoms with Gasteiger partial charge in [-0.25, -0.2) is 0 Å². The zero-order chi connectivity index (χ0) is 46.4. The van der Waals surface area contributed by atoms with Crippen molar-refractivity contribution in [2.45, 2.75) is 295 Å². The summed E-state index contributed by atoms with van der Waals surface area (Å²) in [5.74, 6) is 26.6. The highest BCUT2D eigenvalue weighted by molar-refractivity contribution is 5.08. The van der Waals surface area contributed by atoms with Crippen molar-refractivity contribution >= 4 is 0 Å². The van der Waals surface area contributed by atoms with Crippen molar-refractivity contribution in [1.82, 2.24) is 0 Å². The Morgan fingerprint density at radius 3 is 0.529 bits per heavy atom. The maximum absolute atomic E-state index is 1.72. The summed E-state index contributed by atoms with van der Waals surface area (Å²) in [4.78, 5) is 0. The molecule has 13 saturated carbocycles. The van der Waals surface area contributed by atoms with Crippen LogP contribution in [0.5, 0.6) is 0 Å². The summed E-state index contributed by atoms with van der Waals surface area (Å²) >= 11 is 0. The fourth-order valence-corrected chi connectivity index (χ4v) is 26.1. The van der Waals surface area contributed by atoms with Gasteiger partial charge in [0.15, 0.2) is 0 Å². The number of fused-ring (bicyclic) bond motifs is 4. The Morgan fingerprint density at radius 1 is 0.114 bits per heavy atom. The minimum absolute atomic E-state index is 1.10. The number of hydrogen-bond donors (Lipinski definition) is 0. The molecule has 14 atom stereocenters. The molecule has 0 amide bonds. The Labute approximate surface area is 435 Å². The second kappa shape index (κ2) is 22.9. The fraction of sp³-hybridized carbons (Fsp3) is 1.00. The maximum Gasteiger partial charge on any atom is -0.0323 e. The normalized spacial score (nSPS) is 49.7. The molecular weight excluding hydrogens is 841 g/mol. The van der Waals surface area contributed by atoms with Crippen molar-refractivity contribution in [2.75, 3.05) is 0 Å². The summed E-state index contributed by atoms with van der Waals surface area (Å²) in [6.45, 7) is 0. The van der Waals surface area contributed by atoms with E-state index in [4.69, 9.17) is 0 Å². The third kappa shape index (κ3) is 10.1.